The minimum atomic E-state index is 0.639. The van der Waals surface area contributed by atoms with Gasteiger partial charge >= 0.3 is 0 Å². The fraction of sp³-hybridized carbons (Fsp3) is 0.538. The normalized spacial score (nSPS) is 12.5. The molecule has 1 aromatic rings. The highest BCUT2D eigenvalue weighted by Gasteiger charge is 2.02. The minimum absolute atomic E-state index is 0.639. The molecular weight excluding hydrogens is 184 g/mol. The SMILES string of the molecule is CCc1ccccc1NCC(C)CCN. The molecule has 0 saturated heterocycles. The number of hydrogen-bond acceptors (Lipinski definition) is 2. The first-order chi connectivity index (χ1) is 7.27. The molecule has 2 nitrogen and oxygen atoms in total. The Morgan fingerprint density at radius 1 is 1.33 bits per heavy atom. The van der Waals surface area contributed by atoms with Crippen LogP contribution in [-0.4, -0.2) is 13.1 Å². The predicted octanol–water partition coefficient (Wildman–Crippen LogP) is 2.65. The predicted molar refractivity (Wildman–Crippen MR) is 67.1 cm³/mol. The molecule has 0 aliphatic rings. The molecule has 0 aromatic heterocycles. The summed E-state index contributed by atoms with van der Waals surface area (Å²) < 4.78 is 0. The Labute approximate surface area is 92.9 Å². The molecule has 84 valence electrons. The first kappa shape index (κ1) is 12.1. The number of aryl methyl sites for hydroxylation is 1. The maximum Gasteiger partial charge on any atom is 0.0372 e. The lowest BCUT2D eigenvalue weighted by Crippen LogP contribution is -2.15. The van der Waals surface area contributed by atoms with Gasteiger partial charge in [-0.1, -0.05) is 32.0 Å². The van der Waals surface area contributed by atoms with Gasteiger partial charge in [-0.3, -0.25) is 0 Å². The number of anilines is 1. The van der Waals surface area contributed by atoms with Gasteiger partial charge in [0.05, 0.1) is 0 Å². The van der Waals surface area contributed by atoms with E-state index < -0.39 is 0 Å². The molecule has 0 spiro atoms. The van der Waals surface area contributed by atoms with Crippen molar-refractivity contribution in [1.29, 1.82) is 0 Å². The van der Waals surface area contributed by atoms with Gasteiger partial charge in [0.1, 0.15) is 0 Å². The lowest BCUT2D eigenvalue weighted by Gasteiger charge is -2.14. The summed E-state index contributed by atoms with van der Waals surface area (Å²) in [6.45, 7) is 6.20. The van der Waals surface area contributed by atoms with Gasteiger partial charge in [0, 0.05) is 12.2 Å². The molecule has 2 heteroatoms. The number of hydrogen-bond donors (Lipinski definition) is 2. The molecule has 3 N–H and O–H groups in total. The second-order valence-electron chi connectivity index (χ2n) is 4.07. The van der Waals surface area contributed by atoms with Crippen molar-refractivity contribution < 1.29 is 0 Å². The van der Waals surface area contributed by atoms with Crippen LogP contribution in [0, 0.1) is 5.92 Å². The molecule has 0 heterocycles. The van der Waals surface area contributed by atoms with E-state index in [0.717, 1.165) is 25.9 Å². The van der Waals surface area contributed by atoms with Crippen LogP contribution in [0.15, 0.2) is 24.3 Å². The summed E-state index contributed by atoms with van der Waals surface area (Å²) in [5.41, 5.74) is 8.18. The van der Waals surface area contributed by atoms with Gasteiger partial charge in [-0.15, -0.1) is 0 Å². The van der Waals surface area contributed by atoms with Crippen LogP contribution in [0.4, 0.5) is 5.69 Å². The second kappa shape index (κ2) is 6.46. The summed E-state index contributed by atoms with van der Waals surface area (Å²) in [6.07, 6.45) is 2.16. The van der Waals surface area contributed by atoms with E-state index in [1.807, 2.05) is 0 Å². The monoisotopic (exact) mass is 206 g/mol. The van der Waals surface area contributed by atoms with Crippen molar-refractivity contribution in [1.82, 2.24) is 0 Å². The van der Waals surface area contributed by atoms with Crippen molar-refractivity contribution in [3.05, 3.63) is 29.8 Å². The average molecular weight is 206 g/mol. The number of rotatable bonds is 6. The summed E-state index contributed by atoms with van der Waals surface area (Å²) in [7, 11) is 0. The summed E-state index contributed by atoms with van der Waals surface area (Å²) in [5, 5.41) is 3.49. The topological polar surface area (TPSA) is 38.0 Å². The first-order valence-corrected chi connectivity index (χ1v) is 5.79. The second-order valence-corrected chi connectivity index (χ2v) is 4.07. The molecular formula is C13H22N2. The Bertz CT molecular complexity index is 284. The van der Waals surface area contributed by atoms with Crippen LogP contribution in [0.5, 0.6) is 0 Å². The molecule has 1 rings (SSSR count). The van der Waals surface area contributed by atoms with Crippen molar-refractivity contribution in [2.45, 2.75) is 26.7 Å². The molecule has 0 aliphatic carbocycles. The highest BCUT2D eigenvalue weighted by atomic mass is 14.9. The Kier molecular flexibility index (Phi) is 5.19. The van der Waals surface area contributed by atoms with E-state index in [2.05, 4.69) is 43.4 Å². The maximum absolute atomic E-state index is 5.53. The van der Waals surface area contributed by atoms with E-state index in [9.17, 15) is 0 Å². The fourth-order valence-electron chi connectivity index (χ4n) is 1.67. The number of benzene rings is 1. The zero-order valence-corrected chi connectivity index (χ0v) is 9.79. The number of nitrogens with one attached hydrogen (secondary N) is 1. The Hall–Kier alpha value is -1.02. The summed E-state index contributed by atoms with van der Waals surface area (Å²) in [6, 6.07) is 8.49. The first-order valence-electron chi connectivity index (χ1n) is 5.79. The smallest absolute Gasteiger partial charge is 0.0372 e. The van der Waals surface area contributed by atoms with Crippen molar-refractivity contribution in [2.24, 2.45) is 11.7 Å². The molecule has 0 saturated carbocycles. The number of para-hydroxylation sites is 1. The van der Waals surface area contributed by atoms with Gasteiger partial charge in [-0.05, 0) is 36.9 Å². The van der Waals surface area contributed by atoms with E-state index in [0.29, 0.717) is 5.92 Å². The Morgan fingerprint density at radius 3 is 2.73 bits per heavy atom. The maximum atomic E-state index is 5.53. The van der Waals surface area contributed by atoms with Crippen LogP contribution in [0.25, 0.3) is 0 Å². The van der Waals surface area contributed by atoms with Crippen LogP contribution in [0.2, 0.25) is 0 Å². The lowest BCUT2D eigenvalue weighted by molar-refractivity contribution is 0.568. The zero-order chi connectivity index (χ0) is 11.1. The van der Waals surface area contributed by atoms with E-state index in [-0.39, 0.29) is 0 Å². The third kappa shape index (κ3) is 3.92. The zero-order valence-electron chi connectivity index (χ0n) is 9.79. The third-order valence-electron chi connectivity index (χ3n) is 2.70. The van der Waals surface area contributed by atoms with E-state index >= 15 is 0 Å². The molecule has 1 aromatic carbocycles. The standard InChI is InChI=1S/C13H22N2/c1-3-12-6-4-5-7-13(12)15-10-11(2)8-9-14/h4-7,11,15H,3,8-10,14H2,1-2H3. The van der Waals surface area contributed by atoms with E-state index in [4.69, 9.17) is 5.73 Å². The van der Waals surface area contributed by atoms with Gasteiger partial charge in [0.15, 0.2) is 0 Å². The van der Waals surface area contributed by atoms with Crippen molar-refractivity contribution in [2.75, 3.05) is 18.4 Å². The van der Waals surface area contributed by atoms with Crippen LogP contribution in [0.3, 0.4) is 0 Å². The average Bonchev–Trinajstić information content (AvgIpc) is 2.27. The Balaban J connectivity index is 2.49. The van der Waals surface area contributed by atoms with Crippen LogP contribution in [0.1, 0.15) is 25.8 Å². The van der Waals surface area contributed by atoms with Crippen LogP contribution < -0.4 is 11.1 Å². The molecule has 0 fully saturated rings. The molecule has 1 atom stereocenters. The molecule has 0 radical (unpaired) electrons. The van der Waals surface area contributed by atoms with Crippen molar-refractivity contribution >= 4 is 5.69 Å². The van der Waals surface area contributed by atoms with Crippen molar-refractivity contribution in [3.63, 3.8) is 0 Å². The molecule has 0 aliphatic heterocycles. The summed E-state index contributed by atoms with van der Waals surface area (Å²) in [5.74, 6) is 0.639. The van der Waals surface area contributed by atoms with E-state index in [1.54, 1.807) is 0 Å². The Morgan fingerprint density at radius 2 is 2.07 bits per heavy atom. The summed E-state index contributed by atoms with van der Waals surface area (Å²) >= 11 is 0. The minimum Gasteiger partial charge on any atom is -0.385 e. The van der Waals surface area contributed by atoms with Gasteiger partial charge in [-0.25, -0.2) is 0 Å². The molecule has 1 unspecified atom stereocenters. The quantitative estimate of drug-likeness (QED) is 0.751. The van der Waals surface area contributed by atoms with Gasteiger partial charge in [-0.2, -0.15) is 0 Å². The summed E-state index contributed by atoms with van der Waals surface area (Å²) in [4.78, 5) is 0. The number of nitrogens with two attached hydrogens (primary N) is 1. The lowest BCUT2D eigenvalue weighted by atomic mass is 10.1. The molecule has 0 amide bonds. The van der Waals surface area contributed by atoms with Crippen molar-refractivity contribution in [3.8, 4) is 0 Å². The molecule has 15 heavy (non-hydrogen) atoms. The van der Waals surface area contributed by atoms with Gasteiger partial charge in [0.25, 0.3) is 0 Å². The van der Waals surface area contributed by atoms with E-state index in [1.165, 1.54) is 11.3 Å². The highest BCUT2D eigenvalue weighted by molar-refractivity contribution is 5.50. The largest absolute Gasteiger partial charge is 0.385 e. The van der Waals surface area contributed by atoms with Crippen LogP contribution >= 0.6 is 0 Å². The molecule has 0 bridgehead atoms. The third-order valence-corrected chi connectivity index (χ3v) is 2.70. The fourth-order valence-corrected chi connectivity index (χ4v) is 1.67. The highest BCUT2D eigenvalue weighted by Crippen LogP contribution is 2.16. The van der Waals surface area contributed by atoms with Crippen LogP contribution in [-0.2, 0) is 6.42 Å². The van der Waals surface area contributed by atoms with Gasteiger partial charge in [0.2, 0.25) is 0 Å². The van der Waals surface area contributed by atoms with Gasteiger partial charge < -0.3 is 11.1 Å².